The van der Waals surface area contributed by atoms with Crippen molar-refractivity contribution in [1.82, 2.24) is 5.32 Å². The third kappa shape index (κ3) is 4.17. The summed E-state index contributed by atoms with van der Waals surface area (Å²) >= 11 is 5.85. The smallest absolute Gasteiger partial charge is 0.0406 e. The number of aryl methyl sites for hydroxylation is 1. The number of benzene rings is 2. The molecule has 0 aromatic heterocycles. The minimum atomic E-state index is 0.798. The van der Waals surface area contributed by atoms with Crippen molar-refractivity contribution in [3.05, 3.63) is 70.2 Å². The summed E-state index contributed by atoms with van der Waals surface area (Å²) in [6, 6.07) is 16.7. The SMILES string of the molecule is Cc1ccc(CNCCc2ccc(Cl)cc2)cc1. The molecule has 2 aromatic rings. The zero-order valence-electron chi connectivity index (χ0n) is 10.6. The van der Waals surface area contributed by atoms with E-state index in [1.807, 2.05) is 12.1 Å². The summed E-state index contributed by atoms with van der Waals surface area (Å²) in [5.74, 6) is 0. The third-order valence-corrected chi connectivity index (χ3v) is 3.21. The normalized spacial score (nSPS) is 10.6. The second-order valence-electron chi connectivity index (χ2n) is 4.54. The van der Waals surface area contributed by atoms with Crippen LogP contribution in [0, 0.1) is 6.92 Å². The van der Waals surface area contributed by atoms with E-state index in [9.17, 15) is 0 Å². The van der Waals surface area contributed by atoms with Gasteiger partial charge < -0.3 is 5.32 Å². The van der Waals surface area contributed by atoms with Crippen molar-refractivity contribution in [2.75, 3.05) is 6.54 Å². The summed E-state index contributed by atoms with van der Waals surface area (Å²) in [5, 5.41) is 4.25. The lowest BCUT2D eigenvalue weighted by Gasteiger charge is -2.05. The van der Waals surface area contributed by atoms with Gasteiger partial charge in [-0.15, -0.1) is 0 Å². The average Bonchev–Trinajstić information content (AvgIpc) is 2.39. The molecule has 0 saturated carbocycles. The summed E-state index contributed by atoms with van der Waals surface area (Å²) in [5.41, 5.74) is 3.95. The second-order valence-corrected chi connectivity index (χ2v) is 4.98. The van der Waals surface area contributed by atoms with Crippen LogP contribution < -0.4 is 5.32 Å². The molecule has 94 valence electrons. The molecular formula is C16H18ClN. The summed E-state index contributed by atoms with van der Waals surface area (Å²) < 4.78 is 0. The molecule has 0 aliphatic heterocycles. The number of rotatable bonds is 5. The summed E-state index contributed by atoms with van der Waals surface area (Å²) in [6.07, 6.45) is 1.03. The van der Waals surface area contributed by atoms with Crippen LogP contribution in [-0.4, -0.2) is 6.54 Å². The van der Waals surface area contributed by atoms with Crippen LogP contribution in [0.1, 0.15) is 16.7 Å². The molecule has 0 aliphatic rings. The Hall–Kier alpha value is -1.31. The topological polar surface area (TPSA) is 12.0 Å². The highest BCUT2D eigenvalue weighted by molar-refractivity contribution is 6.30. The highest BCUT2D eigenvalue weighted by atomic mass is 35.5. The van der Waals surface area contributed by atoms with E-state index in [4.69, 9.17) is 11.6 Å². The third-order valence-electron chi connectivity index (χ3n) is 2.95. The first-order chi connectivity index (χ1) is 8.74. The Morgan fingerprint density at radius 3 is 2.17 bits per heavy atom. The van der Waals surface area contributed by atoms with Crippen LogP contribution in [-0.2, 0) is 13.0 Å². The Morgan fingerprint density at radius 2 is 1.50 bits per heavy atom. The van der Waals surface area contributed by atoms with Gasteiger partial charge in [-0.2, -0.15) is 0 Å². The van der Waals surface area contributed by atoms with Crippen LogP contribution in [0.5, 0.6) is 0 Å². The van der Waals surface area contributed by atoms with E-state index >= 15 is 0 Å². The van der Waals surface area contributed by atoms with Gasteiger partial charge in [-0.1, -0.05) is 53.6 Å². The van der Waals surface area contributed by atoms with Crippen LogP contribution in [0.3, 0.4) is 0 Å². The molecule has 0 saturated heterocycles. The fourth-order valence-corrected chi connectivity index (χ4v) is 1.95. The molecule has 1 nitrogen and oxygen atoms in total. The number of hydrogen-bond donors (Lipinski definition) is 1. The van der Waals surface area contributed by atoms with Gasteiger partial charge in [0.2, 0.25) is 0 Å². The summed E-state index contributed by atoms with van der Waals surface area (Å²) in [6.45, 7) is 4.02. The Kier molecular flexibility index (Phi) is 4.80. The zero-order chi connectivity index (χ0) is 12.8. The molecular weight excluding hydrogens is 242 g/mol. The summed E-state index contributed by atoms with van der Waals surface area (Å²) in [4.78, 5) is 0. The molecule has 0 aliphatic carbocycles. The van der Waals surface area contributed by atoms with Crippen molar-refractivity contribution < 1.29 is 0 Å². The van der Waals surface area contributed by atoms with Gasteiger partial charge in [0.25, 0.3) is 0 Å². The minimum Gasteiger partial charge on any atom is -0.312 e. The maximum absolute atomic E-state index is 5.85. The molecule has 2 aromatic carbocycles. The molecule has 0 heterocycles. The Morgan fingerprint density at radius 1 is 0.889 bits per heavy atom. The maximum atomic E-state index is 5.85. The van der Waals surface area contributed by atoms with Gasteiger partial charge in [0, 0.05) is 11.6 Å². The quantitative estimate of drug-likeness (QED) is 0.801. The molecule has 0 bridgehead atoms. The molecule has 0 atom stereocenters. The van der Waals surface area contributed by atoms with Gasteiger partial charge in [0.1, 0.15) is 0 Å². The first kappa shape index (κ1) is 13.1. The Balaban J connectivity index is 1.73. The molecule has 0 fully saturated rings. The standard InChI is InChI=1S/C16H18ClN/c1-13-2-4-15(5-3-13)12-18-11-10-14-6-8-16(17)9-7-14/h2-9,18H,10-12H2,1H3. The molecule has 0 unspecified atom stereocenters. The maximum Gasteiger partial charge on any atom is 0.0406 e. The number of nitrogens with one attached hydrogen (secondary N) is 1. The Bertz CT molecular complexity index is 426. The molecule has 2 heteroatoms. The van der Waals surface area contributed by atoms with Gasteiger partial charge in [0.15, 0.2) is 0 Å². The second kappa shape index (κ2) is 6.58. The first-order valence-electron chi connectivity index (χ1n) is 6.25. The van der Waals surface area contributed by atoms with Crippen LogP contribution >= 0.6 is 11.6 Å². The van der Waals surface area contributed by atoms with Crippen molar-refractivity contribution in [3.63, 3.8) is 0 Å². The van der Waals surface area contributed by atoms with E-state index in [-0.39, 0.29) is 0 Å². The van der Waals surface area contributed by atoms with Gasteiger partial charge in [-0.3, -0.25) is 0 Å². The molecule has 0 amide bonds. The van der Waals surface area contributed by atoms with Crippen molar-refractivity contribution in [2.45, 2.75) is 19.9 Å². The fourth-order valence-electron chi connectivity index (χ4n) is 1.82. The van der Waals surface area contributed by atoms with Gasteiger partial charge in [-0.25, -0.2) is 0 Å². The lowest BCUT2D eigenvalue weighted by Crippen LogP contribution is -2.16. The predicted molar refractivity (Wildman–Crippen MR) is 78.0 cm³/mol. The van der Waals surface area contributed by atoms with Crippen LogP contribution in [0.4, 0.5) is 0 Å². The van der Waals surface area contributed by atoms with E-state index in [1.54, 1.807) is 0 Å². The fraction of sp³-hybridized carbons (Fsp3) is 0.250. The lowest BCUT2D eigenvalue weighted by molar-refractivity contribution is 0.687. The zero-order valence-corrected chi connectivity index (χ0v) is 11.4. The van der Waals surface area contributed by atoms with Crippen molar-refractivity contribution in [2.24, 2.45) is 0 Å². The summed E-state index contributed by atoms with van der Waals surface area (Å²) in [7, 11) is 0. The highest BCUT2D eigenvalue weighted by Gasteiger charge is 1.95. The highest BCUT2D eigenvalue weighted by Crippen LogP contribution is 2.09. The minimum absolute atomic E-state index is 0.798. The monoisotopic (exact) mass is 259 g/mol. The van der Waals surface area contributed by atoms with Gasteiger partial charge >= 0.3 is 0 Å². The van der Waals surface area contributed by atoms with E-state index in [1.165, 1.54) is 16.7 Å². The lowest BCUT2D eigenvalue weighted by atomic mass is 10.1. The van der Waals surface area contributed by atoms with E-state index in [2.05, 4.69) is 48.6 Å². The Labute approximate surface area is 114 Å². The van der Waals surface area contributed by atoms with Crippen molar-refractivity contribution in [1.29, 1.82) is 0 Å². The number of hydrogen-bond acceptors (Lipinski definition) is 1. The molecule has 1 N–H and O–H groups in total. The molecule has 18 heavy (non-hydrogen) atoms. The van der Waals surface area contributed by atoms with Gasteiger partial charge in [0.05, 0.1) is 0 Å². The first-order valence-corrected chi connectivity index (χ1v) is 6.62. The predicted octanol–water partition coefficient (Wildman–Crippen LogP) is 3.98. The average molecular weight is 260 g/mol. The molecule has 0 spiro atoms. The van der Waals surface area contributed by atoms with E-state index < -0.39 is 0 Å². The molecule has 2 rings (SSSR count). The largest absolute Gasteiger partial charge is 0.312 e. The van der Waals surface area contributed by atoms with Crippen molar-refractivity contribution in [3.8, 4) is 0 Å². The van der Waals surface area contributed by atoms with Crippen LogP contribution in [0.2, 0.25) is 5.02 Å². The van der Waals surface area contributed by atoms with Crippen LogP contribution in [0.15, 0.2) is 48.5 Å². The van der Waals surface area contributed by atoms with E-state index in [0.717, 1.165) is 24.5 Å². The molecule has 0 radical (unpaired) electrons. The number of halogens is 1. The van der Waals surface area contributed by atoms with Crippen LogP contribution in [0.25, 0.3) is 0 Å². The van der Waals surface area contributed by atoms with Gasteiger partial charge in [-0.05, 0) is 43.1 Å². The van der Waals surface area contributed by atoms with Crippen molar-refractivity contribution >= 4 is 11.6 Å². The van der Waals surface area contributed by atoms with E-state index in [0.29, 0.717) is 0 Å².